The Labute approximate surface area is 89.5 Å². The van der Waals surface area contributed by atoms with E-state index in [1.807, 2.05) is 0 Å². The maximum absolute atomic E-state index is 10.5. The molecule has 0 aliphatic heterocycles. The van der Waals surface area contributed by atoms with E-state index in [4.69, 9.17) is 10.2 Å². The van der Waals surface area contributed by atoms with Gasteiger partial charge in [0.1, 0.15) is 0 Å². The second-order valence-corrected chi connectivity index (χ2v) is 3.57. The van der Waals surface area contributed by atoms with Crippen molar-refractivity contribution in [1.29, 1.82) is 0 Å². The van der Waals surface area contributed by atoms with Crippen LogP contribution in [0.25, 0.3) is 0 Å². The van der Waals surface area contributed by atoms with Crippen LogP contribution < -0.4 is 5.32 Å². The first-order valence-electron chi connectivity index (χ1n) is 5.23. The number of unbranched alkanes of at least 4 members (excludes halogenated alkanes) is 2. The minimum atomic E-state index is -0.958. The predicted molar refractivity (Wildman–Crippen MR) is 55.8 cm³/mol. The summed E-state index contributed by atoms with van der Waals surface area (Å²) in [6.45, 7) is 1.89. The van der Waals surface area contributed by atoms with Crippen LogP contribution >= 0.6 is 0 Å². The van der Waals surface area contributed by atoms with Crippen LogP contribution in [0.2, 0.25) is 0 Å². The average molecular weight is 217 g/mol. The van der Waals surface area contributed by atoms with Crippen LogP contribution in [0.1, 0.15) is 39.0 Å². The van der Waals surface area contributed by atoms with Crippen LogP contribution in [-0.4, -0.2) is 34.7 Å². The van der Waals surface area contributed by atoms with E-state index < -0.39 is 11.9 Å². The second kappa shape index (κ2) is 8.23. The highest BCUT2D eigenvalue weighted by Crippen LogP contribution is 2.06. The van der Waals surface area contributed by atoms with E-state index in [0.29, 0.717) is 6.42 Å². The molecule has 0 saturated heterocycles. The van der Waals surface area contributed by atoms with Crippen LogP contribution in [0.3, 0.4) is 0 Å². The monoisotopic (exact) mass is 217 g/mol. The van der Waals surface area contributed by atoms with Crippen molar-refractivity contribution < 1.29 is 19.8 Å². The molecular formula is C10H19NO4. The van der Waals surface area contributed by atoms with Gasteiger partial charge in [-0.3, -0.25) is 9.59 Å². The molecule has 0 aliphatic carbocycles. The third-order valence-corrected chi connectivity index (χ3v) is 2.12. The van der Waals surface area contributed by atoms with Crippen molar-refractivity contribution in [3.63, 3.8) is 0 Å². The predicted octanol–water partition coefficient (Wildman–Crippen LogP) is 1.08. The summed E-state index contributed by atoms with van der Waals surface area (Å²) in [5, 5.41) is 19.8. The maximum Gasteiger partial charge on any atom is 0.317 e. The Kier molecular flexibility index (Phi) is 7.62. The lowest BCUT2D eigenvalue weighted by Gasteiger charge is -2.15. The average Bonchev–Trinajstić information content (AvgIpc) is 2.13. The lowest BCUT2D eigenvalue weighted by molar-refractivity contribution is -0.139. The van der Waals surface area contributed by atoms with Crippen molar-refractivity contribution >= 4 is 11.9 Å². The first-order chi connectivity index (χ1) is 7.06. The second-order valence-electron chi connectivity index (χ2n) is 3.57. The number of rotatable bonds is 9. The minimum absolute atomic E-state index is 0.0169. The summed E-state index contributed by atoms with van der Waals surface area (Å²) < 4.78 is 0. The van der Waals surface area contributed by atoms with Gasteiger partial charge in [-0.05, 0) is 6.42 Å². The summed E-state index contributed by atoms with van der Waals surface area (Å²) in [6, 6.07) is -0.231. The molecule has 0 heterocycles. The zero-order valence-electron chi connectivity index (χ0n) is 9.03. The van der Waals surface area contributed by atoms with E-state index >= 15 is 0 Å². The van der Waals surface area contributed by atoms with Crippen LogP contribution in [0, 0.1) is 0 Å². The van der Waals surface area contributed by atoms with Crippen LogP contribution in [0.5, 0.6) is 0 Å². The Morgan fingerprint density at radius 1 is 1.20 bits per heavy atom. The van der Waals surface area contributed by atoms with Gasteiger partial charge in [-0.25, -0.2) is 0 Å². The SMILES string of the molecule is CCCCCC(CC(=O)O)NCC(=O)O. The van der Waals surface area contributed by atoms with Crippen molar-refractivity contribution in [3.8, 4) is 0 Å². The Balaban J connectivity index is 3.83. The van der Waals surface area contributed by atoms with Gasteiger partial charge >= 0.3 is 11.9 Å². The number of carbonyl (C=O) groups is 2. The van der Waals surface area contributed by atoms with Gasteiger partial charge in [0, 0.05) is 6.04 Å². The van der Waals surface area contributed by atoms with E-state index in [-0.39, 0.29) is 19.0 Å². The molecule has 0 amide bonds. The first kappa shape index (κ1) is 13.9. The highest BCUT2D eigenvalue weighted by atomic mass is 16.4. The van der Waals surface area contributed by atoms with Crippen LogP contribution in [0.15, 0.2) is 0 Å². The molecule has 1 unspecified atom stereocenters. The molecule has 0 aromatic carbocycles. The van der Waals surface area contributed by atoms with Crippen LogP contribution in [-0.2, 0) is 9.59 Å². The fourth-order valence-electron chi connectivity index (χ4n) is 1.36. The molecule has 0 fully saturated rings. The summed E-state index contributed by atoms with van der Waals surface area (Å²) in [5.74, 6) is -1.85. The van der Waals surface area contributed by atoms with E-state index in [0.717, 1.165) is 19.3 Å². The van der Waals surface area contributed by atoms with Crippen molar-refractivity contribution in [3.05, 3.63) is 0 Å². The largest absolute Gasteiger partial charge is 0.481 e. The third-order valence-electron chi connectivity index (χ3n) is 2.12. The van der Waals surface area contributed by atoms with E-state index in [2.05, 4.69) is 12.2 Å². The smallest absolute Gasteiger partial charge is 0.317 e. The van der Waals surface area contributed by atoms with Gasteiger partial charge in [-0.1, -0.05) is 26.2 Å². The Bertz CT molecular complexity index is 206. The standard InChI is InChI=1S/C10H19NO4/c1-2-3-4-5-8(6-9(12)13)11-7-10(14)15/h8,11H,2-7H2,1H3,(H,12,13)(H,14,15). The van der Waals surface area contributed by atoms with Crippen molar-refractivity contribution in [2.75, 3.05) is 6.54 Å². The van der Waals surface area contributed by atoms with Gasteiger partial charge in [0.05, 0.1) is 13.0 Å². The number of hydrogen-bond acceptors (Lipinski definition) is 3. The topological polar surface area (TPSA) is 86.6 Å². The Hall–Kier alpha value is -1.10. The van der Waals surface area contributed by atoms with E-state index in [9.17, 15) is 9.59 Å². The molecule has 0 spiro atoms. The third kappa shape index (κ3) is 9.21. The number of nitrogens with one attached hydrogen (secondary N) is 1. The Morgan fingerprint density at radius 3 is 2.33 bits per heavy atom. The van der Waals surface area contributed by atoms with Crippen molar-refractivity contribution in [2.45, 2.75) is 45.1 Å². The number of hydrogen-bond donors (Lipinski definition) is 3. The molecule has 0 bridgehead atoms. The van der Waals surface area contributed by atoms with Gasteiger partial charge in [0.2, 0.25) is 0 Å². The van der Waals surface area contributed by atoms with Crippen molar-refractivity contribution in [1.82, 2.24) is 5.32 Å². The highest BCUT2D eigenvalue weighted by Gasteiger charge is 2.13. The Morgan fingerprint density at radius 2 is 1.87 bits per heavy atom. The minimum Gasteiger partial charge on any atom is -0.481 e. The lowest BCUT2D eigenvalue weighted by Crippen LogP contribution is -2.35. The summed E-state index contributed by atoms with van der Waals surface area (Å²) in [7, 11) is 0. The molecule has 0 aromatic rings. The fourth-order valence-corrected chi connectivity index (χ4v) is 1.36. The maximum atomic E-state index is 10.5. The molecule has 1 atom stereocenters. The summed E-state index contributed by atoms with van der Waals surface area (Å²) >= 11 is 0. The van der Waals surface area contributed by atoms with E-state index in [1.165, 1.54) is 0 Å². The van der Waals surface area contributed by atoms with Crippen LogP contribution in [0.4, 0.5) is 0 Å². The summed E-state index contributed by atoms with van der Waals surface area (Å²) in [5.41, 5.74) is 0. The van der Waals surface area contributed by atoms with Gasteiger partial charge in [0.15, 0.2) is 0 Å². The first-order valence-corrected chi connectivity index (χ1v) is 5.23. The molecule has 0 rings (SSSR count). The molecule has 3 N–H and O–H groups in total. The van der Waals surface area contributed by atoms with Gasteiger partial charge < -0.3 is 15.5 Å². The number of carboxylic acid groups (broad SMARTS) is 2. The normalized spacial score (nSPS) is 12.3. The molecule has 15 heavy (non-hydrogen) atoms. The zero-order chi connectivity index (χ0) is 11.7. The molecule has 0 aromatic heterocycles. The molecule has 5 nitrogen and oxygen atoms in total. The quantitative estimate of drug-likeness (QED) is 0.503. The molecule has 0 aliphatic rings. The van der Waals surface area contributed by atoms with Gasteiger partial charge in [-0.2, -0.15) is 0 Å². The van der Waals surface area contributed by atoms with Crippen molar-refractivity contribution in [2.24, 2.45) is 0 Å². The summed E-state index contributed by atoms with van der Waals surface area (Å²) in [4.78, 5) is 20.8. The fraction of sp³-hybridized carbons (Fsp3) is 0.800. The highest BCUT2D eigenvalue weighted by molar-refractivity contribution is 5.70. The molecule has 88 valence electrons. The summed E-state index contributed by atoms with van der Waals surface area (Å²) in [6.07, 6.45) is 3.75. The number of carboxylic acids is 2. The zero-order valence-corrected chi connectivity index (χ0v) is 9.03. The molecule has 0 radical (unpaired) electrons. The number of aliphatic carboxylic acids is 2. The van der Waals surface area contributed by atoms with Gasteiger partial charge in [0.25, 0.3) is 0 Å². The molecule has 5 heteroatoms. The lowest BCUT2D eigenvalue weighted by atomic mass is 10.1. The molecule has 0 saturated carbocycles. The molecular weight excluding hydrogens is 198 g/mol. The van der Waals surface area contributed by atoms with Gasteiger partial charge in [-0.15, -0.1) is 0 Å². The van der Waals surface area contributed by atoms with E-state index in [1.54, 1.807) is 0 Å².